The monoisotopic (exact) mass is 468 g/mol. The first-order valence-electron chi connectivity index (χ1n) is 5.69. The second-order valence-corrected chi connectivity index (χ2v) is 9.59. The number of rotatable bonds is 4. The zero-order valence-corrected chi connectivity index (χ0v) is 16.3. The van der Waals surface area contributed by atoms with Crippen LogP contribution in [-0.4, -0.2) is 30.0 Å². The van der Waals surface area contributed by atoms with Gasteiger partial charge in [-0.2, -0.15) is 0 Å². The second kappa shape index (κ2) is 8.52. The minimum atomic E-state index is -0.470. The first-order valence-corrected chi connectivity index (χ1v) is 9.75. The van der Waals surface area contributed by atoms with Crippen molar-refractivity contribution in [2.75, 3.05) is 0 Å². The van der Waals surface area contributed by atoms with E-state index in [1.807, 2.05) is 6.92 Å². The molecule has 0 aliphatic heterocycles. The molecule has 0 aliphatic rings. The maximum Gasteiger partial charge on any atom is 0.344 e. The molecule has 0 N–H and O–H groups in total. The molecule has 0 unspecified atom stereocenters. The maximum atomic E-state index is 10.4. The standard InChI is InChI=1S/C6H4N4O2S3.C3HBrN2O2S/c1-3-8-9-6(13-3)15-5-7-2-4(14-5)10(11)12;4-3-5-1-2(9-3)6(7)8/h2H,1H3;1H. The largest absolute Gasteiger partial charge is 0.344 e. The second-order valence-electron chi connectivity index (χ2n) is 3.62. The first kappa shape index (κ1) is 18.8. The van der Waals surface area contributed by atoms with Crippen LogP contribution in [0.5, 0.6) is 0 Å². The molecule has 15 heteroatoms. The highest BCUT2D eigenvalue weighted by molar-refractivity contribution is 9.11. The van der Waals surface area contributed by atoms with Gasteiger partial charge >= 0.3 is 10.0 Å². The lowest BCUT2D eigenvalue weighted by molar-refractivity contribution is -0.380. The Morgan fingerprint density at radius 1 is 1.00 bits per heavy atom. The number of nitrogens with zero attached hydrogens (tertiary/aromatic N) is 6. The topological polar surface area (TPSA) is 138 Å². The highest BCUT2D eigenvalue weighted by Crippen LogP contribution is 2.35. The van der Waals surface area contributed by atoms with Gasteiger partial charge in [-0.15, -0.1) is 10.2 Å². The average Bonchev–Trinajstić information content (AvgIpc) is 3.22. The fourth-order valence-corrected chi connectivity index (χ4v) is 4.96. The highest BCUT2D eigenvalue weighted by atomic mass is 79.9. The van der Waals surface area contributed by atoms with Crippen LogP contribution in [0.2, 0.25) is 0 Å². The van der Waals surface area contributed by atoms with Crippen molar-refractivity contribution in [3.8, 4) is 0 Å². The van der Waals surface area contributed by atoms with E-state index in [0.717, 1.165) is 32.0 Å². The molecular formula is C9H5BrN6O4S4. The first-order chi connectivity index (χ1) is 11.3. The van der Waals surface area contributed by atoms with Crippen molar-refractivity contribution in [1.82, 2.24) is 20.2 Å². The number of nitro groups is 2. The number of hydrogen-bond donors (Lipinski definition) is 0. The Labute approximate surface area is 158 Å². The SMILES string of the molecule is Cc1nnc(Sc2ncc([N+](=O)[O-])s2)s1.O=[N+]([O-])c1cnc(Br)s1. The highest BCUT2D eigenvalue weighted by Gasteiger charge is 2.13. The number of hydrogen-bond acceptors (Lipinski definition) is 12. The van der Waals surface area contributed by atoms with E-state index in [2.05, 4.69) is 36.1 Å². The van der Waals surface area contributed by atoms with Crippen LogP contribution in [-0.2, 0) is 0 Å². The van der Waals surface area contributed by atoms with Gasteiger partial charge in [-0.25, -0.2) is 9.97 Å². The number of aryl methyl sites for hydroxylation is 1. The van der Waals surface area contributed by atoms with Crippen LogP contribution in [0.1, 0.15) is 5.01 Å². The van der Waals surface area contributed by atoms with Gasteiger partial charge in [-0.1, -0.05) is 11.3 Å². The molecule has 3 rings (SSSR count). The average molecular weight is 469 g/mol. The summed E-state index contributed by atoms with van der Waals surface area (Å²) in [7, 11) is 0. The molecule has 0 saturated carbocycles. The van der Waals surface area contributed by atoms with Crippen LogP contribution < -0.4 is 0 Å². The van der Waals surface area contributed by atoms with E-state index >= 15 is 0 Å². The van der Waals surface area contributed by atoms with Gasteiger partial charge in [0.25, 0.3) is 0 Å². The Hall–Kier alpha value is -1.55. The van der Waals surface area contributed by atoms with Crippen molar-refractivity contribution in [2.45, 2.75) is 15.6 Å². The molecular weight excluding hydrogens is 464 g/mol. The van der Waals surface area contributed by atoms with Crippen LogP contribution in [0.3, 0.4) is 0 Å². The molecule has 3 aromatic rings. The van der Waals surface area contributed by atoms with Crippen molar-refractivity contribution in [1.29, 1.82) is 0 Å². The molecule has 0 aromatic carbocycles. The maximum absolute atomic E-state index is 10.4. The minimum absolute atomic E-state index is 0.0405. The van der Waals surface area contributed by atoms with Crippen molar-refractivity contribution in [3.63, 3.8) is 0 Å². The van der Waals surface area contributed by atoms with Crippen molar-refractivity contribution >= 4 is 71.7 Å². The van der Waals surface area contributed by atoms with E-state index in [9.17, 15) is 20.2 Å². The molecule has 3 aromatic heterocycles. The van der Waals surface area contributed by atoms with Gasteiger partial charge in [0.05, 0.1) is 9.85 Å². The van der Waals surface area contributed by atoms with E-state index in [1.54, 1.807) is 0 Å². The number of aromatic nitrogens is 4. The van der Waals surface area contributed by atoms with Crippen molar-refractivity contribution < 1.29 is 9.85 Å². The predicted octanol–water partition coefficient (Wildman–Crippen LogP) is 4.18. The van der Waals surface area contributed by atoms with Gasteiger partial charge in [0.2, 0.25) is 0 Å². The summed E-state index contributed by atoms with van der Waals surface area (Å²) in [5.41, 5.74) is 0. The molecule has 0 saturated heterocycles. The summed E-state index contributed by atoms with van der Waals surface area (Å²) in [5.74, 6) is 0. The molecule has 24 heavy (non-hydrogen) atoms. The van der Waals surface area contributed by atoms with E-state index in [1.165, 1.54) is 35.5 Å². The van der Waals surface area contributed by atoms with Crippen LogP contribution >= 0.6 is 61.7 Å². The quantitative estimate of drug-likeness (QED) is 0.407. The lowest BCUT2D eigenvalue weighted by Gasteiger charge is -1.85. The Bertz CT molecular complexity index is 864. The fourth-order valence-electron chi connectivity index (χ4n) is 1.11. The van der Waals surface area contributed by atoms with Gasteiger partial charge in [0.15, 0.2) is 12.6 Å². The molecule has 0 amide bonds. The molecule has 0 atom stereocenters. The molecule has 0 aliphatic carbocycles. The lowest BCUT2D eigenvalue weighted by Crippen LogP contribution is -1.80. The van der Waals surface area contributed by atoms with E-state index in [0.29, 0.717) is 8.26 Å². The van der Waals surface area contributed by atoms with E-state index in [-0.39, 0.29) is 10.0 Å². The van der Waals surface area contributed by atoms with Gasteiger partial charge in [-0.05, 0) is 57.3 Å². The predicted molar refractivity (Wildman–Crippen MR) is 94.0 cm³/mol. The lowest BCUT2D eigenvalue weighted by atomic mass is 10.9. The summed E-state index contributed by atoms with van der Waals surface area (Å²) >= 11 is 7.77. The Morgan fingerprint density at radius 3 is 2.04 bits per heavy atom. The minimum Gasteiger partial charge on any atom is -0.257 e. The Balaban J connectivity index is 0.000000198. The smallest absolute Gasteiger partial charge is 0.257 e. The molecule has 0 bridgehead atoms. The summed E-state index contributed by atoms with van der Waals surface area (Å²) in [6, 6.07) is 0. The molecule has 0 radical (unpaired) electrons. The summed E-state index contributed by atoms with van der Waals surface area (Å²) in [6.07, 6.45) is 2.47. The zero-order chi connectivity index (χ0) is 17.7. The number of thiazole rings is 2. The Kier molecular flexibility index (Phi) is 6.67. The van der Waals surface area contributed by atoms with Crippen molar-refractivity contribution in [2.24, 2.45) is 0 Å². The van der Waals surface area contributed by atoms with Crippen LogP contribution in [0.4, 0.5) is 10.0 Å². The van der Waals surface area contributed by atoms with Crippen LogP contribution in [0.25, 0.3) is 0 Å². The molecule has 0 spiro atoms. The van der Waals surface area contributed by atoms with Gasteiger partial charge in [0, 0.05) is 0 Å². The van der Waals surface area contributed by atoms with E-state index < -0.39 is 9.85 Å². The third kappa shape index (κ3) is 5.52. The van der Waals surface area contributed by atoms with Crippen LogP contribution in [0, 0.1) is 27.2 Å². The summed E-state index contributed by atoms with van der Waals surface area (Å²) in [6.45, 7) is 1.85. The van der Waals surface area contributed by atoms with Gasteiger partial charge in [0.1, 0.15) is 17.4 Å². The number of halogens is 1. The summed E-state index contributed by atoms with van der Waals surface area (Å²) in [5, 5.41) is 29.1. The molecule has 126 valence electrons. The summed E-state index contributed by atoms with van der Waals surface area (Å²) in [4.78, 5) is 27.0. The zero-order valence-electron chi connectivity index (χ0n) is 11.5. The third-order valence-corrected chi connectivity index (χ3v) is 6.32. The molecule has 0 fully saturated rings. The molecule has 10 nitrogen and oxygen atoms in total. The fraction of sp³-hybridized carbons (Fsp3) is 0.111. The summed E-state index contributed by atoms with van der Waals surface area (Å²) < 4.78 is 1.89. The van der Waals surface area contributed by atoms with Crippen LogP contribution in [0.15, 0.2) is 25.0 Å². The third-order valence-electron chi connectivity index (χ3n) is 1.98. The molecule has 3 heterocycles. The Morgan fingerprint density at radius 2 is 1.62 bits per heavy atom. The normalized spacial score (nSPS) is 10.1. The van der Waals surface area contributed by atoms with Crippen molar-refractivity contribution in [3.05, 3.63) is 41.5 Å². The van der Waals surface area contributed by atoms with E-state index in [4.69, 9.17) is 0 Å². The van der Waals surface area contributed by atoms with Gasteiger partial charge < -0.3 is 0 Å². The van der Waals surface area contributed by atoms with Gasteiger partial charge in [-0.3, -0.25) is 20.2 Å².